The molecule has 1 aliphatic heterocycles. The van der Waals surface area contributed by atoms with Crippen LogP contribution >= 0.6 is 0 Å². The Balaban J connectivity index is 1.46. The third kappa shape index (κ3) is 5.05. The fraction of sp³-hybridized carbons (Fsp3) is 0.393. The van der Waals surface area contributed by atoms with Crippen LogP contribution in [0.1, 0.15) is 53.8 Å². The lowest BCUT2D eigenvalue weighted by Crippen LogP contribution is -2.47. The Bertz CT molecular complexity index is 1170. The number of benzene rings is 2. The number of imidazole rings is 1. The van der Waals surface area contributed by atoms with Crippen molar-refractivity contribution in [1.82, 2.24) is 14.5 Å². The van der Waals surface area contributed by atoms with Gasteiger partial charge in [-0.3, -0.25) is 9.69 Å². The van der Waals surface area contributed by atoms with Crippen LogP contribution in [0, 0.1) is 23.7 Å². The van der Waals surface area contributed by atoms with Crippen molar-refractivity contribution in [3.63, 3.8) is 0 Å². The van der Waals surface area contributed by atoms with Gasteiger partial charge in [0.25, 0.3) is 0 Å². The molecule has 0 aliphatic carbocycles. The van der Waals surface area contributed by atoms with E-state index in [0.717, 1.165) is 37.2 Å². The number of aromatic nitrogens is 2. The Morgan fingerprint density at radius 2 is 1.91 bits per heavy atom. The summed E-state index contributed by atoms with van der Waals surface area (Å²) in [5.74, 6) is -0.104. The molecule has 0 amide bonds. The number of methoxy groups -OCH3 is 1. The summed E-state index contributed by atoms with van der Waals surface area (Å²) < 4.78 is 7.44. The van der Waals surface area contributed by atoms with Gasteiger partial charge in [0.15, 0.2) is 0 Å². The van der Waals surface area contributed by atoms with Gasteiger partial charge in [-0.05, 0) is 69.5 Å². The highest BCUT2D eigenvalue weighted by atomic mass is 16.5. The highest BCUT2D eigenvalue weighted by Crippen LogP contribution is 2.39. The summed E-state index contributed by atoms with van der Waals surface area (Å²) in [6.07, 6.45) is 6.04. The van der Waals surface area contributed by atoms with Crippen LogP contribution in [0.5, 0.6) is 0 Å². The maximum Gasteiger partial charge on any atom is 0.312 e. The molecule has 0 bridgehead atoms. The minimum atomic E-state index is -0.485. The largest absolute Gasteiger partial charge is 0.469 e. The summed E-state index contributed by atoms with van der Waals surface area (Å²) in [4.78, 5) is 19.8. The van der Waals surface area contributed by atoms with E-state index in [1.165, 1.54) is 18.2 Å². The number of carbonyl (C=O) groups excluding carboxylic acids is 1. The molecule has 1 unspecified atom stereocenters. The zero-order valence-corrected chi connectivity index (χ0v) is 20.2. The summed E-state index contributed by atoms with van der Waals surface area (Å²) in [6, 6.07) is 18.4. The monoisotopic (exact) mass is 456 g/mol. The standard InChI is InChI=1S/C28H32N4O2/c1-21-5-4-6-25(15-21)16-28(27(33)34-3)11-13-31(14-12-28)22(2)26-18-30-20-32(26)19-24-9-7-23(17-29)8-10-24/h4-10,15,18,20,22H,11-14,16,19H2,1-3H3. The van der Waals surface area contributed by atoms with Gasteiger partial charge in [-0.15, -0.1) is 0 Å². The Hall–Kier alpha value is -3.43. The maximum absolute atomic E-state index is 12.9. The van der Waals surface area contributed by atoms with Crippen LogP contribution in [0.25, 0.3) is 0 Å². The summed E-state index contributed by atoms with van der Waals surface area (Å²) >= 11 is 0. The normalized spacial score (nSPS) is 16.5. The second kappa shape index (κ2) is 10.2. The van der Waals surface area contributed by atoms with E-state index in [1.54, 1.807) is 0 Å². The zero-order valence-electron chi connectivity index (χ0n) is 20.2. The van der Waals surface area contributed by atoms with Crippen molar-refractivity contribution < 1.29 is 9.53 Å². The Labute approximate surface area is 201 Å². The summed E-state index contributed by atoms with van der Waals surface area (Å²) in [5.41, 5.74) is 4.85. The van der Waals surface area contributed by atoms with Crippen molar-refractivity contribution in [2.24, 2.45) is 5.41 Å². The molecule has 2 aromatic carbocycles. The highest BCUT2D eigenvalue weighted by molar-refractivity contribution is 5.77. The fourth-order valence-corrected chi connectivity index (χ4v) is 5.10. The third-order valence-electron chi connectivity index (χ3n) is 7.15. The molecule has 176 valence electrons. The number of hydrogen-bond donors (Lipinski definition) is 0. The third-order valence-corrected chi connectivity index (χ3v) is 7.15. The molecule has 0 N–H and O–H groups in total. The van der Waals surface area contributed by atoms with Crippen LogP contribution in [-0.2, 0) is 22.5 Å². The lowest BCUT2D eigenvalue weighted by atomic mass is 9.73. The van der Waals surface area contributed by atoms with Gasteiger partial charge >= 0.3 is 5.97 Å². The number of nitrogens with zero attached hydrogens (tertiary/aromatic N) is 4. The number of likely N-dealkylation sites (tertiary alicyclic amines) is 1. The van der Waals surface area contributed by atoms with Gasteiger partial charge in [-0.2, -0.15) is 5.26 Å². The van der Waals surface area contributed by atoms with Gasteiger partial charge in [-0.25, -0.2) is 4.98 Å². The van der Waals surface area contributed by atoms with Crippen LogP contribution in [0.2, 0.25) is 0 Å². The summed E-state index contributed by atoms with van der Waals surface area (Å²) in [6.45, 7) is 6.64. The second-order valence-electron chi connectivity index (χ2n) is 9.40. The first kappa shape index (κ1) is 23.7. The zero-order chi connectivity index (χ0) is 24.1. The summed E-state index contributed by atoms with van der Waals surface area (Å²) in [7, 11) is 1.50. The molecule has 1 aromatic heterocycles. The maximum atomic E-state index is 12.9. The topological polar surface area (TPSA) is 71.2 Å². The van der Waals surface area contributed by atoms with Crippen LogP contribution < -0.4 is 0 Å². The average Bonchev–Trinajstić information content (AvgIpc) is 3.32. The average molecular weight is 457 g/mol. The van der Waals surface area contributed by atoms with E-state index in [9.17, 15) is 4.79 Å². The molecule has 6 heteroatoms. The molecule has 3 aromatic rings. The predicted octanol–water partition coefficient (Wildman–Crippen LogP) is 4.67. The first-order chi connectivity index (χ1) is 16.4. The smallest absolute Gasteiger partial charge is 0.312 e. The van der Waals surface area contributed by atoms with Gasteiger partial charge in [-0.1, -0.05) is 42.0 Å². The molecule has 1 fully saturated rings. The van der Waals surface area contributed by atoms with Crippen molar-refractivity contribution >= 4 is 5.97 Å². The van der Waals surface area contributed by atoms with Gasteiger partial charge in [0.2, 0.25) is 0 Å². The number of hydrogen-bond acceptors (Lipinski definition) is 5. The molecule has 0 radical (unpaired) electrons. The van der Waals surface area contributed by atoms with Crippen LogP contribution in [-0.4, -0.2) is 40.6 Å². The van der Waals surface area contributed by atoms with Crippen molar-refractivity contribution in [2.45, 2.75) is 45.7 Å². The quantitative estimate of drug-likeness (QED) is 0.483. The lowest BCUT2D eigenvalue weighted by Gasteiger charge is -2.42. The second-order valence-corrected chi connectivity index (χ2v) is 9.40. The van der Waals surface area contributed by atoms with E-state index in [0.29, 0.717) is 18.5 Å². The Morgan fingerprint density at radius 3 is 2.56 bits per heavy atom. The van der Waals surface area contributed by atoms with Crippen molar-refractivity contribution in [1.29, 1.82) is 5.26 Å². The van der Waals surface area contributed by atoms with Crippen LogP contribution in [0.4, 0.5) is 0 Å². The molecule has 1 aliphatic rings. The van der Waals surface area contributed by atoms with Crippen molar-refractivity contribution in [3.8, 4) is 6.07 Å². The minimum absolute atomic E-state index is 0.104. The van der Waals surface area contributed by atoms with Gasteiger partial charge in [0.1, 0.15) is 0 Å². The minimum Gasteiger partial charge on any atom is -0.469 e. The van der Waals surface area contributed by atoms with Gasteiger partial charge < -0.3 is 9.30 Å². The van der Waals surface area contributed by atoms with E-state index in [-0.39, 0.29) is 12.0 Å². The van der Waals surface area contributed by atoms with E-state index >= 15 is 0 Å². The highest BCUT2D eigenvalue weighted by Gasteiger charge is 2.43. The number of ether oxygens (including phenoxy) is 1. The molecule has 1 saturated heterocycles. The van der Waals surface area contributed by atoms with Crippen LogP contribution in [0.3, 0.4) is 0 Å². The molecule has 4 rings (SSSR count). The SMILES string of the molecule is COC(=O)C1(Cc2cccc(C)c2)CCN(C(C)c2cncn2Cc2ccc(C#N)cc2)CC1. The lowest BCUT2D eigenvalue weighted by molar-refractivity contribution is -0.156. The fourth-order valence-electron chi connectivity index (χ4n) is 5.10. The molecule has 0 saturated carbocycles. The summed E-state index contributed by atoms with van der Waals surface area (Å²) in [5, 5.41) is 9.03. The number of nitriles is 1. The molecule has 1 atom stereocenters. The van der Waals surface area contributed by atoms with Gasteiger partial charge in [0.05, 0.1) is 36.2 Å². The van der Waals surface area contributed by atoms with Gasteiger partial charge in [0, 0.05) is 18.8 Å². The first-order valence-electron chi connectivity index (χ1n) is 11.8. The molecular formula is C28H32N4O2. The Morgan fingerprint density at radius 1 is 1.18 bits per heavy atom. The number of rotatable bonds is 7. The number of piperidine rings is 1. The van der Waals surface area contributed by atoms with Crippen molar-refractivity contribution in [2.75, 3.05) is 20.2 Å². The molecular weight excluding hydrogens is 424 g/mol. The molecule has 34 heavy (non-hydrogen) atoms. The molecule has 2 heterocycles. The van der Waals surface area contributed by atoms with E-state index in [4.69, 9.17) is 10.00 Å². The van der Waals surface area contributed by atoms with E-state index < -0.39 is 5.41 Å². The Kier molecular flexibility index (Phi) is 7.14. The molecule has 6 nitrogen and oxygen atoms in total. The van der Waals surface area contributed by atoms with E-state index in [1.807, 2.05) is 36.8 Å². The van der Waals surface area contributed by atoms with Crippen LogP contribution in [0.15, 0.2) is 61.1 Å². The number of esters is 1. The number of aryl methyl sites for hydroxylation is 1. The van der Waals surface area contributed by atoms with Crippen molar-refractivity contribution in [3.05, 3.63) is 89.0 Å². The first-order valence-corrected chi connectivity index (χ1v) is 11.8. The number of carbonyl (C=O) groups is 1. The predicted molar refractivity (Wildman–Crippen MR) is 131 cm³/mol. The van der Waals surface area contributed by atoms with E-state index in [2.05, 4.69) is 58.6 Å². The molecule has 0 spiro atoms.